The number of likely N-dealkylation sites (tertiary alicyclic amines) is 1. The molecular formula is C25H31N5O3. The van der Waals surface area contributed by atoms with Crippen LogP contribution in [0, 0.1) is 13.8 Å². The highest BCUT2D eigenvalue weighted by Crippen LogP contribution is 2.43. The number of anilines is 2. The Kier molecular flexibility index (Phi) is 5.72. The van der Waals surface area contributed by atoms with Crippen molar-refractivity contribution in [1.82, 2.24) is 19.4 Å². The third-order valence-corrected chi connectivity index (χ3v) is 6.40. The van der Waals surface area contributed by atoms with Crippen LogP contribution in [0.15, 0.2) is 30.7 Å². The SMILES string of the molecule is COc1cc(Nc2ncc(C)c(-n3cc(CN4CC(O)C4)c(C4CC4)c3)n2)cc(C)c1OC. The van der Waals surface area contributed by atoms with Gasteiger partial charge in [-0.15, -0.1) is 0 Å². The second-order valence-corrected chi connectivity index (χ2v) is 9.12. The predicted octanol–water partition coefficient (Wildman–Crippen LogP) is 3.70. The summed E-state index contributed by atoms with van der Waals surface area (Å²) in [7, 11) is 3.27. The van der Waals surface area contributed by atoms with E-state index in [9.17, 15) is 5.11 Å². The third-order valence-electron chi connectivity index (χ3n) is 6.40. The van der Waals surface area contributed by atoms with Crippen LogP contribution in [-0.2, 0) is 6.54 Å². The molecule has 174 valence electrons. The molecule has 2 aromatic heterocycles. The highest BCUT2D eigenvalue weighted by Gasteiger charge is 2.31. The Morgan fingerprint density at radius 3 is 2.55 bits per heavy atom. The lowest BCUT2D eigenvalue weighted by Gasteiger charge is -2.35. The number of nitrogens with one attached hydrogen (secondary N) is 1. The van der Waals surface area contributed by atoms with Gasteiger partial charge >= 0.3 is 0 Å². The van der Waals surface area contributed by atoms with Crippen LogP contribution in [0.25, 0.3) is 5.82 Å². The fourth-order valence-electron chi connectivity index (χ4n) is 4.55. The van der Waals surface area contributed by atoms with Crippen LogP contribution in [0.4, 0.5) is 11.6 Å². The van der Waals surface area contributed by atoms with Gasteiger partial charge in [-0.2, -0.15) is 4.98 Å². The normalized spacial score (nSPS) is 16.5. The Balaban J connectivity index is 1.43. The molecule has 3 aromatic rings. The number of hydrogen-bond acceptors (Lipinski definition) is 7. The standard InChI is InChI=1S/C25H31N5O3/c1-15-7-19(8-22(32-3)23(15)33-4)27-25-26-9-16(2)24(28-25)30-11-18(10-29-12-20(31)13-29)21(14-30)17-5-6-17/h7-9,11,14,17,20,31H,5-6,10,12-13H2,1-4H3,(H,26,27,28). The molecule has 1 aromatic carbocycles. The monoisotopic (exact) mass is 449 g/mol. The van der Waals surface area contributed by atoms with E-state index < -0.39 is 0 Å². The maximum absolute atomic E-state index is 9.65. The molecule has 0 unspecified atom stereocenters. The van der Waals surface area contributed by atoms with Gasteiger partial charge in [-0.25, -0.2) is 4.98 Å². The van der Waals surface area contributed by atoms with Crippen molar-refractivity contribution in [3.8, 4) is 17.3 Å². The minimum Gasteiger partial charge on any atom is -0.493 e. The van der Waals surface area contributed by atoms with Crippen molar-refractivity contribution in [2.75, 3.05) is 32.6 Å². The first kappa shape index (κ1) is 21.7. The number of β-amino-alcohol motifs (C(OH)–C–C–N with tert-alkyl or cyclic N) is 1. The van der Waals surface area contributed by atoms with Crippen LogP contribution >= 0.6 is 0 Å². The van der Waals surface area contributed by atoms with Gasteiger partial charge in [0.2, 0.25) is 5.95 Å². The van der Waals surface area contributed by atoms with Crippen LogP contribution in [0.1, 0.15) is 41.0 Å². The van der Waals surface area contributed by atoms with E-state index in [1.807, 2.05) is 32.2 Å². The molecule has 2 fully saturated rings. The van der Waals surface area contributed by atoms with Gasteiger partial charge in [0.1, 0.15) is 5.82 Å². The predicted molar refractivity (Wildman–Crippen MR) is 127 cm³/mol. The summed E-state index contributed by atoms with van der Waals surface area (Å²) < 4.78 is 13.0. The Labute approximate surface area is 194 Å². The zero-order valence-corrected chi connectivity index (χ0v) is 19.6. The van der Waals surface area contributed by atoms with E-state index in [0.717, 1.165) is 48.0 Å². The summed E-state index contributed by atoms with van der Waals surface area (Å²) in [6.45, 7) is 6.38. The molecule has 3 heterocycles. The third kappa shape index (κ3) is 4.41. The first-order valence-corrected chi connectivity index (χ1v) is 11.4. The van der Waals surface area contributed by atoms with E-state index in [2.05, 4.69) is 32.2 Å². The summed E-state index contributed by atoms with van der Waals surface area (Å²) in [5.74, 6) is 3.41. The van der Waals surface area contributed by atoms with Gasteiger partial charge < -0.3 is 24.5 Å². The molecule has 1 saturated heterocycles. The van der Waals surface area contributed by atoms with Crippen molar-refractivity contribution >= 4 is 11.6 Å². The Bertz CT molecular complexity index is 1170. The molecule has 5 rings (SSSR count). The van der Waals surface area contributed by atoms with Crippen LogP contribution in [0.5, 0.6) is 11.5 Å². The molecule has 0 spiro atoms. The van der Waals surface area contributed by atoms with Gasteiger partial charge in [-0.3, -0.25) is 4.90 Å². The van der Waals surface area contributed by atoms with E-state index in [0.29, 0.717) is 17.6 Å². The lowest BCUT2D eigenvalue weighted by atomic mass is 10.1. The maximum Gasteiger partial charge on any atom is 0.229 e. The zero-order chi connectivity index (χ0) is 23.1. The van der Waals surface area contributed by atoms with Gasteiger partial charge in [0.05, 0.1) is 20.3 Å². The minimum atomic E-state index is -0.186. The molecule has 1 saturated carbocycles. The number of hydrogen-bond donors (Lipinski definition) is 2. The van der Waals surface area contributed by atoms with Gasteiger partial charge in [0.15, 0.2) is 11.5 Å². The molecule has 0 amide bonds. The van der Waals surface area contributed by atoms with Crippen LogP contribution in [0.3, 0.4) is 0 Å². The Morgan fingerprint density at radius 2 is 1.88 bits per heavy atom. The first-order chi connectivity index (χ1) is 15.9. The van der Waals surface area contributed by atoms with E-state index in [4.69, 9.17) is 14.5 Å². The van der Waals surface area contributed by atoms with Crippen molar-refractivity contribution in [3.05, 3.63) is 53.0 Å². The Hall–Kier alpha value is -3.10. The second-order valence-electron chi connectivity index (χ2n) is 9.12. The summed E-state index contributed by atoms with van der Waals surface area (Å²) in [5, 5.41) is 13.0. The summed E-state index contributed by atoms with van der Waals surface area (Å²) in [6.07, 6.45) is 8.57. The topological polar surface area (TPSA) is 84.7 Å². The zero-order valence-electron chi connectivity index (χ0n) is 19.6. The van der Waals surface area contributed by atoms with Crippen molar-refractivity contribution in [3.63, 3.8) is 0 Å². The maximum atomic E-state index is 9.65. The highest BCUT2D eigenvalue weighted by molar-refractivity contribution is 5.63. The van der Waals surface area contributed by atoms with Crippen LogP contribution in [0.2, 0.25) is 0 Å². The summed E-state index contributed by atoms with van der Waals surface area (Å²) in [6, 6.07) is 3.87. The molecule has 1 aliphatic heterocycles. The van der Waals surface area contributed by atoms with Gasteiger partial charge in [0, 0.05) is 55.5 Å². The average Bonchev–Trinajstić information content (AvgIpc) is 3.53. The molecule has 0 atom stereocenters. The number of aryl methyl sites for hydroxylation is 2. The Morgan fingerprint density at radius 1 is 1.09 bits per heavy atom. The lowest BCUT2D eigenvalue weighted by Crippen LogP contribution is -2.49. The summed E-state index contributed by atoms with van der Waals surface area (Å²) in [5.41, 5.74) is 5.54. The fourth-order valence-corrected chi connectivity index (χ4v) is 4.55. The van der Waals surface area contributed by atoms with Crippen molar-refractivity contribution < 1.29 is 14.6 Å². The molecule has 8 heteroatoms. The number of aromatic nitrogens is 3. The van der Waals surface area contributed by atoms with Crippen molar-refractivity contribution in [2.24, 2.45) is 0 Å². The molecule has 0 radical (unpaired) electrons. The number of methoxy groups -OCH3 is 2. The number of rotatable bonds is 8. The molecule has 8 nitrogen and oxygen atoms in total. The van der Waals surface area contributed by atoms with E-state index >= 15 is 0 Å². The average molecular weight is 450 g/mol. The summed E-state index contributed by atoms with van der Waals surface area (Å²) >= 11 is 0. The van der Waals surface area contributed by atoms with Gasteiger partial charge in [-0.1, -0.05) is 0 Å². The van der Waals surface area contributed by atoms with E-state index in [1.54, 1.807) is 14.2 Å². The fraction of sp³-hybridized carbons (Fsp3) is 0.440. The minimum absolute atomic E-state index is 0.186. The molecule has 2 aliphatic rings. The van der Waals surface area contributed by atoms with Crippen molar-refractivity contribution in [1.29, 1.82) is 0 Å². The molecule has 1 aliphatic carbocycles. The molecular weight excluding hydrogens is 418 g/mol. The molecule has 2 N–H and O–H groups in total. The quantitative estimate of drug-likeness (QED) is 0.542. The highest BCUT2D eigenvalue weighted by atomic mass is 16.5. The van der Waals surface area contributed by atoms with Gasteiger partial charge in [0.25, 0.3) is 0 Å². The lowest BCUT2D eigenvalue weighted by molar-refractivity contribution is -0.00298. The second kappa shape index (κ2) is 8.68. The molecule has 33 heavy (non-hydrogen) atoms. The van der Waals surface area contributed by atoms with E-state index in [-0.39, 0.29) is 6.10 Å². The molecule has 0 bridgehead atoms. The number of ether oxygens (including phenoxy) is 2. The smallest absolute Gasteiger partial charge is 0.229 e. The number of aliphatic hydroxyl groups excluding tert-OH is 1. The van der Waals surface area contributed by atoms with Crippen LogP contribution in [-0.4, -0.2) is 58.0 Å². The van der Waals surface area contributed by atoms with Crippen molar-refractivity contribution in [2.45, 2.75) is 45.3 Å². The van der Waals surface area contributed by atoms with Crippen LogP contribution < -0.4 is 14.8 Å². The number of benzene rings is 1. The number of aliphatic hydroxyl groups is 1. The summed E-state index contributed by atoms with van der Waals surface area (Å²) in [4.78, 5) is 11.6. The van der Waals surface area contributed by atoms with E-state index in [1.165, 1.54) is 24.0 Å². The number of nitrogens with zero attached hydrogens (tertiary/aromatic N) is 4. The first-order valence-electron chi connectivity index (χ1n) is 11.4. The largest absolute Gasteiger partial charge is 0.493 e. The van der Waals surface area contributed by atoms with Gasteiger partial charge in [-0.05, 0) is 55.4 Å².